The third-order valence-corrected chi connectivity index (χ3v) is 4.71. The number of halogens is 1. The molecule has 138 valence electrons. The fraction of sp³-hybridized carbons (Fsp3) is 0.368. The van der Waals surface area contributed by atoms with E-state index in [4.69, 9.17) is 9.15 Å². The molecule has 0 saturated carbocycles. The summed E-state index contributed by atoms with van der Waals surface area (Å²) >= 11 is 3.40. The lowest BCUT2D eigenvalue weighted by atomic mass is 10.2. The van der Waals surface area contributed by atoms with E-state index in [-0.39, 0.29) is 24.7 Å². The highest BCUT2D eigenvalue weighted by atomic mass is 79.9. The van der Waals surface area contributed by atoms with E-state index in [0.29, 0.717) is 38.6 Å². The molecule has 7 heteroatoms. The molecule has 0 spiro atoms. The summed E-state index contributed by atoms with van der Waals surface area (Å²) in [6.07, 6.45) is 0.393. The largest absolute Gasteiger partial charge is 0.459 e. The highest BCUT2D eigenvalue weighted by molar-refractivity contribution is 9.10. The van der Waals surface area contributed by atoms with E-state index >= 15 is 0 Å². The molecule has 0 bridgehead atoms. The maximum absolute atomic E-state index is 12.0. The number of ether oxygens (including phenoxy) is 1. The molecule has 2 aromatic rings. The van der Waals surface area contributed by atoms with Crippen molar-refractivity contribution in [2.75, 3.05) is 26.3 Å². The summed E-state index contributed by atoms with van der Waals surface area (Å²) in [6.45, 7) is 2.65. The van der Waals surface area contributed by atoms with Crippen LogP contribution in [0, 0.1) is 0 Å². The van der Waals surface area contributed by atoms with Crippen LogP contribution >= 0.6 is 15.9 Å². The van der Waals surface area contributed by atoms with E-state index in [1.807, 2.05) is 36.4 Å². The predicted molar refractivity (Wildman–Crippen MR) is 100 cm³/mol. The summed E-state index contributed by atoms with van der Waals surface area (Å²) in [6, 6.07) is 11.5. The minimum atomic E-state index is -0.159. The van der Waals surface area contributed by atoms with E-state index < -0.39 is 0 Å². The molecule has 6 nitrogen and oxygen atoms in total. The fourth-order valence-corrected chi connectivity index (χ4v) is 2.97. The normalized spacial score (nSPS) is 14.3. The Morgan fingerprint density at radius 1 is 1.04 bits per heavy atom. The van der Waals surface area contributed by atoms with Gasteiger partial charge in [0.2, 0.25) is 11.8 Å². The van der Waals surface area contributed by atoms with Gasteiger partial charge in [-0.3, -0.25) is 9.59 Å². The highest BCUT2D eigenvalue weighted by Gasteiger charge is 2.17. The van der Waals surface area contributed by atoms with Crippen molar-refractivity contribution in [3.8, 4) is 11.3 Å². The number of morpholine rings is 1. The Morgan fingerprint density at radius 2 is 1.77 bits per heavy atom. The van der Waals surface area contributed by atoms with Crippen LogP contribution in [-0.2, 0) is 20.9 Å². The molecule has 1 N–H and O–H groups in total. The Bertz CT molecular complexity index is 751. The van der Waals surface area contributed by atoms with Gasteiger partial charge in [0, 0.05) is 36.0 Å². The summed E-state index contributed by atoms with van der Waals surface area (Å²) in [5.41, 5.74) is 0.974. The third-order valence-electron chi connectivity index (χ3n) is 4.18. The van der Waals surface area contributed by atoms with Crippen molar-refractivity contribution in [2.45, 2.75) is 19.4 Å². The Hall–Kier alpha value is -2.12. The lowest BCUT2D eigenvalue weighted by Crippen LogP contribution is -2.41. The molecule has 1 aliphatic heterocycles. The van der Waals surface area contributed by atoms with Crippen LogP contribution < -0.4 is 5.32 Å². The van der Waals surface area contributed by atoms with Crippen molar-refractivity contribution in [1.82, 2.24) is 10.2 Å². The number of nitrogens with zero attached hydrogens (tertiary/aromatic N) is 1. The monoisotopic (exact) mass is 420 g/mol. The first-order valence-corrected chi connectivity index (χ1v) is 9.38. The molecule has 0 radical (unpaired) electrons. The quantitative estimate of drug-likeness (QED) is 0.779. The Labute approximate surface area is 160 Å². The van der Waals surface area contributed by atoms with Crippen LogP contribution in [0.15, 0.2) is 45.3 Å². The lowest BCUT2D eigenvalue weighted by Gasteiger charge is -2.26. The summed E-state index contributed by atoms with van der Waals surface area (Å²) in [5, 5.41) is 2.80. The Morgan fingerprint density at radius 3 is 2.50 bits per heavy atom. The molecule has 1 saturated heterocycles. The number of hydrogen-bond donors (Lipinski definition) is 1. The van der Waals surface area contributed by atoms with Crippen molar-refractivity contribution >= 4 is 27.7 Å². The Kier molecular flexibility index (Phi) is 6.46. The van der Waals surface area contributed by atoms with E-state index in [2.05, 4.69) is 21.2 Å². The van der Waals surface area contributed by atoms with Gasteiger partial charge in [-0.2, -0.15) is 0 Å². The molecule has 1 fully saturated rings. The zero-order valence-corrected chi connectivity index (χ0v) is 16.0. The number of hydrogen-bond acceptors (Lipinski definition) is 4. The van der Waals surface area contributed by atoms with Crippen LogP contribution in [0.1, 0.15) is 18.6 Å². The second kappa shape index (κ2) is 9.00. The standard InChI is InChI=1S/C19H21BrN2O4/c20-15-3-1-14(2-4-15)17-6-5-16(26-17)13-21-18(23)7-8-19(24)22-9-11-25-12-10-22/h1-6H,7-13H2,(H,21,23). The number of furan rings is 1. The molecule has 0 atom stereocenters. The molecule has 26 heavy (non-hydrogen) atoms. The van der Waals surface area contributed by atoms with Crippen molar-refractivity contribution in [2.24, 2.45) is 0 Å². The number of rotatable bonds is 6. The third kappa shape index (κ3) is 5.19. The lowest BCUT2D eigenvalue weighted by molar-refractivity contribution is -0.137. The maximum atomic E-state index is 12.0. The molecule has 1 aromatic carbocycles. The van der Waals surface area contributed by atoms with E-state index in [1.165, 1.54) is 0 Å². The van der Waals surface area contributed by atoms with Gasteiger partial charge in [0.25, 0.3) is 0 Å². The smallest absolute Gasteiger partial charge is 0.223 e. The van der Waals surface area contributed by atoms with Crippen LogP contribution in [-0.4, -0.2) is 43.0 Å². The first-order chi connectivity index (χ1) is 12.6. The zero-order valence-electron chi connectivity index (χ0n) is 14.4. The number of benzene rings is 1. The van der Waals surface area contributed by atoms with Crippen LogP contribution in [0.2, 0.25) is 0 Å². The van der Waals surface area contributed by atoms with Crippen LogP contribution in [0.25, 0.3) is 11.3 Å². The van der Waals surface area contributed by atoms with Crippen molar-refractivity contribution in [3.05, 3.63) is 46.6 Å². The van der Waals surface area contributed by atoms with Gasteiger partial charge in [-0.1, -0.05) is 28.1 Å². The molecular formula is C19H21BrN2O4. The molecule has 1 aromatic heterocycles. The second-order valence-electron chi connectivity index (χ2n) is 6.04. The molecule has 3 rings (SSSR count). The molecular weight excluding hydrogens is 400 g/mol. The molecule has 2 amide bonds. The van der Waals surface area contributed by atoms with E-state index in [9.17, 15) is 9.59 Å². The average molecular weight is 421 g/mol. The minimum absolute atomic E-state index is 0.000951. The van der Waals surface area contributed by atoms with Crippen molar-refractivity contribution < 1.29 is 18.7 Å². The van der Waals surface area contributed by atoms with Gasteiger partial charge in [0.15, 0.2) is 0 Å². The van der Waals surface area contributed by atoms with Crippen molar-refractivity contribution in [3.63, 3.8) is 0 Å². The summed E-state index contributed by atoms with van der Waals surface area (Å²) in [5.74, 6) is 1.27. The average Bonchev–Trinajstić information content (AvgIpc) is 3.14. The molecule has 2 heterocycles. The van der Waals surface area contributed by atoms with Crippen molar-refractivity contribution in [1.29, 1.82) is 0 Å². The van der Waals surface area contributed by atoms with Crippen LogP contribution in [0.5, 0.6) is 0 Å². The number of carbonyl (C=O) groups is 2. The van der Waals surface area contributed by atoms with E-state index in [1.54, 1.807) is 4.90 Å². The highest BCUT2D eigenvalue weighted by Crippen LogP contribution is 2.23. The number of amides is 2. The zero-order chi connectivity index (χ0) is 18.4. The van der Waals surface area contributed by atoms with Gasteiger partial charge < -0.3 is 19.4 Å². The van der Waals surface area contributed by atoms with Crippen LogP contribution in [0.3, 0.4) is 0 Å². The van der Waals surface area contributed by atoms with E-state index in [0.717, 1.165) is 15.8 Å². The summed E-state index contributed by atoms with van der Waals surface area (Å²) in [7, 11) is 0. The summed E-state index contributed by atoms with van der Waals surface area (Å²) in [4.78, 5) is 25.7. The number of carbonyl (C=O) groups excluding carboxylic acids is 2. The summed E-state index contributed by atoms with van der Waals surface area (Å²) < 4.78 is 12.0. The van der Waals surface area contributed by atoms with Crippen LogP contribution in [0.4, 0.5) is 0 Å². The van der Waals surface area contributed by atoms with Gasteiger partial charge in [-0.15, -0.1) is 0 Å². The fourth-order valence-electron chi connectivity index (χ4n) is 2.71. The number of nitrogens with one attached hydrogen (secondary N) is 1. The van der Waals surface area contributed by atoms with Gasteiger partial charge in [0.05, 0.1) is 19.8 Å². The SMILES string of the molecule is O=C(CCC(=O)N1CCOCC1)NCc1ccc(-c2ccc(Br)cc2)o1. The van der Waals surface area contributed by atoms with Gasteiger partial charge in [0.1, 0.15) is 11.5 Å². The van der Waals surface area contributed by atoms with Gasteiger partial charge in [-0.05, 0) is 24.3 Å². The molecule has 1 aliphatic rings. The second-order valence-corrected chi connectivity index (χ2v) is 6.96. The Balaban J connectivity index is 1.43. The minimum Gasteiger partial charge on any atom is -0.459 e. The van der Waals surface area contributed by atoms with Gasteiger partial charge in [-0.25, -0.2) is 0 Å². The maximum Gasteiger partial charge on any atom is 0.223 e. The first-order valence-electron chi connectivity index (χ1n) is 8.59. The predicted octanol–water partition coefficient (Wildman–Crippen LogP) is 2.96. The first kappa shape index (κ1) is 18.7. The van der Waals surface area contributed by atoms with Gasteiger partial charge >= 0.3 is 0 Å². The molecule has 0 unspecified atom stereocenters. The topological polar surface area (TPSA) is 71.8 Å². The molecule has 0 aliphatic carbocycles.